The van der Waals surface area contributed by atoms with E-state index in [9.17, 15) is 4.79 Å². The average molecular weight is 261 g/mol. The maximum atomic E-state index is 11.1. The molecule has 18 heavy (non-hydrogen) atoms. The van der Waals surface area contributed by atoms with Crippen LogP contribution in [0, 0.1) is 6.92 Å². The van der Waals surface area contributed by atoms with E-state index in [1.54, 1.807) is 24.3 Å². The van der Waals surface area contributed by atoms with Gasteiger partial charge in [0.05, 0.1) is 11.5 Å². The highest BCUT2D eigenvalue weighted by molar-refractivity contribution is 7.13. The van der Waals surface area contributed by atoms with Crippen LogP contribution in [0.15, 0.2) is 17.5 Å². The van der Waals surface area contributed by atoms with Crippen molar-refractivity contribution < 1.29 is 14.6 Å². The van der Waals surface area contributed by atoms with Crippen LogP contribution in [0.1, 0.15) is 21.6 Å². The summed E-state index contributed by atoms with van der Waals surface area (Å²) in [7, 11) is 0. The van der Waals surface area contributed by atoms with Gasteiger partial charge in [-0.15, -0.1) is 11.3 Å². The van der Waals surface area contributed by atoms with Gasteiger partial charge in [-0.25, -0.2) is 9.78 Å². The quantitative estimate of drug-likeness (QED) is 0.857. The monoisotopic (exact) mass is 261 g/mol. The van der Waals surface area contributed by atoms with Crippen LogP contribution in [0.2, 0.25) is 0 Å². The fraction of sp³-hybridized carbons (Fsp3) is 0.231. The number of ether oxygens (including phenoxy) is 1. The van der Waals surface area contributed by atoms with Crippen molar-refractivity contribution in [2.24, 2.45) is 0 Å². The Morgan fingerprint density at radius 2 is 2.39 bits per heavy atom. The minimum absolute atomic E-state index is 0.0959. The van der Waals surface area contributed by atoms with Crippen LogP contribution in [0.25, 0.3) is 10.6 Å². The van der Waals surface area contributed by atoms with E-state index in [1.165, 1.54) is 5.56 Å². The number of aromatic nitrogens is 1. The van der Waals surface area contributed by atoms with Crippen molar-refractivity contribution in [3.05, 3.63) is 34.3 Å². The van der Waals surface area contributed by atoms with Gasteiger partial charge >= 0.3 is 5.97 Å². The maximum Gasteiger partial charge on any atom is 0.354 e. The lowest BCUT2D eigenvalue weighted by molar-refractivity contribution is 0.0689. The number of aromatic carboxylic acids is 1. The van der Waals surface area contributed by atoms with E-state index in [2.05, 4.69) is 4.98 Å². The van der Waals surface area contributed by atoms with Crippen molar-refractivity contribution >= 4 is 17.3 Å². The van der Waals surface area contributed by atoms with E-state index >= 15 is 0 Å². The van der Waals surface area contributed by atoms with E-state index in [-0.39, 0.29) is 5.69 Å². The molecule has 3 rings (SSSR count). The predicted molar refractivity (Wildman–Crippen MR) is 68.4 cm³/mol. The minimum atomic E-state index is -1.00. The largest absolute Gasteiger partial charge is 0.491 e. The lowest BCUT2D eigenvalue weighted by Gasteiger charge is -2.09. The van der Waals surface area contributed by atoms with E-state index in [4.69, 9.17) is 9.84 Å². The Morgan fingerprint density at radius 1 is 1.56 bits per heavy atom. The smallest absolute Gasteiger partial charge is 0.354 e. The second-order valence-corrected chi connectivity index (χ2v) is 5.10. The normalized spacial score (nSPS) is 13.2. The van der Waals surface area contributed by atoms with Crippen molar-refractivity contribution in [2.75, 3.05) is 6.61 Å². The number of carboxylic acid groups (broad SMARTS) is 1. The summed E-state index contributed by atoms with van der Waals surface area (Å²) >= 11 is 1.57. The van der Waals surface area contributed by atoms with Gasteiger partial charge in [0.25, 0.3) is 0 Å². The van der Waals surface area contributed by atoms with Crippen LogP contribution in [-0.2, 0) is 6.42 Å². The van der Waals surface area contributed by atoms with E-state index < -0.39 is 5.97 Å². The Kier molecular flexibility index (Phi) is 2.56. The molecule has 1 aliphatic rings. The first-order valence-corrected chi connectivity index (χ1v) is 6.49. The van der Waals surface area contributed by atoms with E-state index in [1.807, 2.05) is 11.4 Å². The van der Waals surface area contributed by atoms with Crippen molar-refractivity contribution in [2.45, 2.75) is 13.3 Å². The summed E-state index contributed by atoms with van der Waals surface area (Å²) < 4.78 is 5.66. The molecule has 1 N–H and O–H groups in total. The van der Waals surface area contributed by atoms with Gasteiger partial charge in [0.1, 0.15) is 11.4 Å². The maximum absolute atomic E-state index is 11.1. The molecule has 2 aromatic rings. The number of pyridine rings is 1. The summed E-state index contributed by atoms with van der Waals surface area (Å²) in [6.45, 7) is 2.34. The number of hydrogen-bond donors (Lipinski definition) is 1. The molecule has 0 saturated carbocycles. The molecule has 0 amide bonds. The van der Waals surface area contributed by atoms with Gasteiger partial charge in [-0.05, 0) is 35.6 Å². The molecule has 0 bridgehead atoms. The molecule has 1 aliphatic heterocycles. The van der Waals surface area contributed by atoms with Gasteiger partial charge in [0.2, 0.25) is 0 Å². The summed E-state index contributed by atoms with van der Waals surface area (Å²) in [6, 6.07) is 3.81. The highest BCUT2D eigenvalue weighted by atomic mass is 32.1. The summed E-state index contributed by atoms with van der Waals surface area (Å²) in [5, 5.41) is 11.1. The van der Waals surface area contributed by atoms with Crippen molar-refractivity contribution in [3.63, 3.8) is 0 Å². The predicted octanol–water partition coefficient (Wildman–Crippen LogP) is 2.75. The molecule has 3 heterocycles. The number of hydrogen-bond acceptors (Lipinski definition) is 4. The van der Waals surface area contributed by atoms with Crippen molar-refractivity contribution in [3.8, 4) is 16.3 Å². The summed E-state index contributed by atoms with van der Waals surface area (Å²) in [4.78, 5) is 16.4. The van der Waals surface area contributed by atoms with Crippen molar-refractivity contribution in [1.29, 1.82) is 0 Å². The van der Waals surface area contributed by atoms with Gasteiger partial charge in [0.15, 0.2) is 5.69 Å². The van der Waals surface area contributed by atoms with E-state index in [0.717, 1.165) is 11.3 Å². The fourth-order valence-electron chi connectivity index (χ4n) is 2.09. The first-order chi connectivity index (χ1) is 8.66. The van der Waals surface area contributed by atoms with Gasteiger partial charge in [-0.1, -0.05) is 0 Å². The Hall–Kier alpha value is -1.88. The van der Waals surface area contributed by atoms with E-state index in [0.29, 0.717) is 23.6 Å². The molecule has 0 spiro atoms. The zero-order chi connectivity index (χ0) is 12.7. The standard InChI is InChI=1S/C13H11NO3S/c1-7-6-9-11(14-10(7)13(15)16)12-8(2-4-17-9)3-5-18-12/h3,5-6H,2,4H2,1H3,(H,15,16). The molecule has 0 saturated heterocycles. The SMILES string of the molecule is Cc1cc2c(nc1C(=O)O)-c1sccc1CCO2. The molecule has 0 aliphatic carbocycles. The molecule has 0 atom stereocenters. The molecular weight excluding hydrogens is 250 g/mol. The van der Waals surface area contributed by atoms with Crippen LogP contribution in [0.5, 0.6) is 5.75 Å². The second-order valence-electron chi connectivity index (χ2n) is 4.18. The summed E-state index contributed by atoms with van der Waals surface area (Å²) in [5.41, 5.74) is 2.55. The lowest BCUT2D eigenvalue weighted by Crippen LogP contribution is -2.06. The molecule has 0 radical (unpaired) electrons. The zero-order valence-corrected chi connectivity index (χ0v) is 10.6. The Labute approximate surface area is 108 Å². The number of aryl methyl sites for hydroxylation is 1. The van der Waals surface area contributed by atoms with Gasteiger partial charge < -0.3 is 9.84 Å². The number of nitrogens with zero attached hydrogens (tertiary/aromatic N) is 1. The topological polar surface area (TPSA) is 59.4 Å². The van der Waals surface area contributed by atoms with Crippen molar-refractivity contribution in [1.82, 2.24) is 4.98 Å². The molecule has 5 heteroatoms. The first kappa shape index (κ1) is 11.2. The number of rotatable bonds is 1. The number of carboxylic acids is 1. The molecule has 2 aromatic heterocycles. The minimum Gasteiger partial charge on any atom is -0.491 e. The van der Waals surface area contributed by atoms with Crippen LogP contribution < -0.4 is 4.74 Å². The second kappa shape index (κ2) is 4.10. The summed E-state index contributed by atoms with van der Waals surface area (Å²) in [6.07, 6.45) is 0.830. The fourth-order valence-corrected chi connectivity index (χ4v) is 3.04. The zero-order valence-electron chi connectivity index (χ0n) is 9.77. The molecule has 92 valence electrons. The third-order valence-electron chi connectivity index (χ3n) is 2.97. The number of thiophene rings is 1. The summed E-state index contributed by atoms with van der Waals surface area (Å²) in [5.74, 6) is -0.323. The Bertz CT molecular complexity index is 633. The third-order valence-corrected chi connectivity index (χ3v) is 3.93. The number of carbonyl (C=O) groups is 1. The Morgan fingerprint density at radius 3 is 3.17 bits per heavy atom. The Balaban J connectivity index is 2.26. The number of fused-ring (bicyclic) bond motifs is 3. The van der Waals surface area contributed by atoms with Crippen LogP contribution >= 0.6 is 11.3 Å². The van der Waals surface area contributed by atoms with Gasteiger partial charge in [-0.3, -0.25) is 0 Å². The third kappa shape index (κ3) is 1.67. The highest BCUT2D eigenvalue weighted by Crippen LogP contribution is 2.38. The molecule has 0 fully saturated rings. The van der Waals surface area contributed by atoms with Gasteiger partial charge in [-0.2, -0.15) is 0 Å². The van der Waals surface area contributed by atoms with Crippen LogP contribution in [-0.4, -0.2) is 22.7 Å². The first-order valence-electron chi connectivity index (χ1n) is 5.61. The van der Waals surface area contributed by atoms with Crippen LogP contribution in [0.4, 0.5) is 0 Å². The average Bonchev–Trinajstić information content (AvgIpc) is 2.71. The van der Waals surface area contributed by atoms with Gasteiger partial charge in [0, 0.05) is 6.42 Å². The molecule has 0 aromatic carbocycles. The highest BCUT2D eigenvalue weighted by Gasteiger charge is 2.21. The molecular formula is C13H11NO3S. The van der Waals surface area contributed by atoms with Crippen LogP contribution in [0.3, 0.4) is 0 Å². The molecule has 4 nitrogen and oxygen atoms in total. The molecule has 0 unspecified atom stereocenters. The lowest BCUT2D eigenvalue weighted by atomic mass is 10.1.